The molecule has 72 heavy (non-hydrogen) atoms. The van der Waals surface area contributed by atoms with Gasteiger partial charge in [0.25, 0.3) is 0 Å². The maximum atomic E-state index is 12.8. The number of amidine groups is 1. The molecule has 6 heteroatoms. The van der Waals surface area contributed by atoms with Crippen LogP contribution in [-0.4, -0.2) is 44.2 Å². The number of benzene rings is 6. The summed E-state index contributed by atoms with van der Waals surface area (Å²) < 4.78 is 0. The number of aliphatic imine (C=N–C) groups is 1. The van der Waals surface area contributed by atoms with Crippen molar-refractivity contribution in [2.45, 2.75) is 130 Å². The van der Waals surface area contributed by atoms with Gasteiger partial charge in [-0.05, 0) is 115 Å². The van der Waals surface area contributed by atoms with E-state index in [0.29, 0.717) is 0 Å². The second kappa shape index (κ2) is 18.6. The van der Waals surface area contributed by atoms with Crippen molar-refractivity contribution >= 4 is 43.6 Å². The molecule has 0 bridgehead atoms. The molecule has 0 saturated carbocycles. The lowest BCUT2D eigenvalue weighted by atomic mass is 9.78. The fourth-order valence-corrected chi connectivity index (χ4v) is 14.0. The lowest BCUT2D eigenvalue weighted by Gasteiger charge is -2.34. The van der Waals surface area contributed by atoms with Crippen molar-refractivity contribution in [1.29, 1.82) is 0 Å². The van der Waals surface area contributed by atoms with Gasteiger partial charge in [0.2, 0.25) is 0 Å². The molecule has 0 fully saturated rings. The summed E-state index contributed by atoms with van der Waals surface area (Å²) in [5, 5.41) is 15.7. The van der Waals surface area contributed by atoms with E-state index in [2.05, 4.69) is 264 Å². The van der Waals surface area contributed by atoms with Gasteiger partial charge in [0.1, 0.15) is 17.6 Å². The normalized spacial score (nSPS) is 16.4. The zero-order valence-corrected chi connectivity index (χ0v) is 47.5. The number of pyridine rings is 1. The Balaban J connectivity index is 1.33. The van der Waals surface area contributed by atoms with E-state index in [0.717, 1.165) is 72.9 Å². The van der Waals surface area contributed by atoms with Gasteiger partial charge in [0, 0.05) is 22.9 Å². The molecule has 2 atom stereocenters. The topological polar surface area (TPSA) is 48.7 Å². The number of allylic oxidation sites excluding steroid dienone is 2. The predicted octanol–water partition coefficient (Wildman–Crippen LogP) is 16.1. The SMILES string of the molecule is CC(C)(C)c1ccc(N2C(c3cc(C(C)(C)C)cc(C(C)(C)C)c3O)=NC3C(c4cc(-c5cc(-c6ccccc6)ccn5)cc(-c5c([Si](C)(C)C)cccc5[Si](C)(C)C)c4)=CC=CC32)c(-c2ccccc2)c1. The van der Waals surface area contributed by atoms with Crippen molar-refractivity contribution < 1.29 is 5.11 Å². The van der Waals surface area contributed by atoms with Gasteiger partial charge < -0.3 is 10.0 Å². The van der Waals surface area contributed by atoms with Gasteiger partial charge in [-0.2, -0.15) is 0 Å². The van der Waals surface area contributed by atoms with Gasteiger partial charge in [0.05, 0.1) is 39.1 Å². The zero-order valence-electron chi connectivity index (χ0n) is 45.5. The molecule has 2 aliphatic rings. The molecule has 4 nitrogen and oxygen atoms in total. The highest BCUT2D eigenvalue weighted by Crippen LogP contribution is 2.47. The maximum absolute atomic E-state index is 12.8. The molecule has 368 valence electrons. The molecule has 0 spiro atoms. The van der Waals surface area contributed by atoms with Crippen LogP contribution in [0.25, 0.3) is 50.2 Å². The van der Waals surface area contributed by atoms with E-state index in [4.69, 9.17) is 9.98 Å². The van der Waals surface area contributed by atoms with Gasteiger partial charge in [0.15, 0.2) is 0 Å². The smallest absolute Gasteiger partial charge is 0.140 e. The summed E-state index contributed by atoms with van der Waals surface area (Å²) >= 11 is 0. The molecule has 6 aromatic carbocycles. The molecule has 1 N–H and O–H groups in total. The van der Waals surface area contributed by atoms with Gasteiger partial charge in [-0.3, -0.25) is 9.98 Å². The van der Waals surface area contributed by atoms with Crippen LogP contribution in [0.5, 0.6) is 5.75 Å². The van der Waals surface area contributed by atoms with Gasteiger partial charge in [-0.1, -0.05) is 221 Å². The summed E-state index contributed by atoms with van der Waals surface area (Å²) in [7, 11) is -3.71. The van der Waals surface area contributed by atoms with Gasteiger partial charge in [-0.15, -0.1) is 0 Å². The van der Waals surface area contributed by atoms with Crippen LogP contribution in [0.1, 0.15) is 90.1 Å². The first-order valence-corrected chi connectivity index (χ1v) is 32.9. The number of aromatic nitrogens is 1. The summed E-state index contributed by atoms with van der Waals surface area (Å²) in [6, 6.07) is 51.0. The molecule has 9 rings (SSSR count). The first kappa shape index (κ1) is 50.6. The summed E-state index contributed by atoms with van der Waals surface area (Å²) in [4.78, 5) is 13.5. The number of hydrogen-bond acceptors (Lipinski definition) is 4. The molecule has 1 aromatic heterocycles. The van der Waals surface area contributed by atoms with Crippen LogP contribution in [0, 0.1) is 0 Å². The third-order valence-electron chi connectivity index (χ3n) is 14.6. The maximum Gasteiger partial charge on any atom is 0.140 e. The van der Waals surface area contributed by atoms with Crippen molar-refractivity contribution in [3.8, 4) is 50.4 Å². The van der Waals surface area contributed by atoms with E-state index in [1.54, 1.807) is 0 Å². The first-order chi connectivity index (χ1) is 33.8. The van der Waals surface area contributed by atoms with E-state index in [1.807, 2.05) is 6.20 Å². The van der Waals surface area contributed by atoms with E-state index in [-0.39, 0.29) is 34.1 Å². The quantitative estimate of drug-likeness (QED) is 0.147. The summed E-state index contributed by atoms with van der Waals surface area (Å²) in [6.45, 7) is 35.1. The highest BCUT2D eigenvalue weighted by Gasteiger charge is 2.43. The first-order valence-electron chi connectivity index (χ1n) is 25.9. The molecular formula is C66H75N3OSi2. The fourth-order valence-electron chi connectivity index (χ4n) is 10.6. The van der Waals surface area contributed by atoms with Crippen molar-refractivity contribution in [2.24, 2.45) is 4.99 Å². The Hall–Kier alpha value is -6.35. The second-order valence-electron chi connectivity index (χ2n) is 25.4. The third-order valence-corrected chi connectivity index (χ3v) is 18.7. The number of rotatable bonds is 9. The molecule has 0 radical (unpaired) electrons. The number of fused-ring (bicyclic) bond motifs is 1. The highest BCUT2D eigenvalue weighted by molar-refractivity contribution is 6.93. The number of anilines is 1. The van der Waals surface area contributed by atoms with Crippen molar-refractivity contribution in [2.75, 3.05) is 4.90 Å². The Bertz CT molecular complexity index is 3240. The standard InChI is InChI=1S/C66H75N3OSi2/c1-64(2,3)49-32-33-56(52(40-49)44-26-20-17-21-27-44)69-57-29-22-28-51(61(57)68-63(69)53-41-50(65(4,5)6)42-54(62(53)70)66(7,8)9)46-36-47(55-39-45(34-35-67-55)43-24-18-16-19-25-43)38-48(37-46)60-58(71(10,11)12)30-23-31-59(60)72(13,14)15/h16-42,57,61,70H,1-15H3. The Morgan fingerprint density at radius 1 is 0.514 bits per heavy atom. The van der Waals surface area contributed by atoms with E-state index in [1.165, 1.54) is 27.1 Å². The van der Waals surface area contributed by atoms with Crippen LogP contribution in [0.4, 0.5) is 5.69 Å². The number of phenols is 1. The summed E-state index contributed by atoms with van der Waals surface area (Å²) in [5.41, 5.74) is 16.1. The molecule has 2 unspecified atom stereocenters. The van der Waals surface area contributed by atoms with E-state index in [9.17, 15) is 5.11 Å². The summed E-state index contributed by atoms with van der Waals surface area (Å²) in [6.07, 6.45) is 8.81. The second-order valence-corrected chi connectivity index (χ2v) is 35.4. The van der Waals surface area contributed by atoms with Crippen LogP contribution in [0.2, 0.25) is 39.3 Å². The number of aromatic hydroxyl groups is 1. The number of phenolic OH excluding ortho intramolecular Hbond substituents is 1. The average Bonchev–Trinajstić information content (AvgIpc) is 3.72. The van der Waals surface area contributed by atoms with Crippen LogP contribution >= 0.6 is 0 Å². The largest absolute Gasteiger partial charge is 0.507 e. The highest BCUT2D eigenvalue weighted by atomic mass is 28.3. The van der Waals surface area contributed by atoms with Gasteiger partial charge in [-0.25, -0.2) is 0 Å². The average molecular weight is 983 g/mol. The van der Waals surface area contributed by atoms with Gasteiger partial charge >= 0.3 is 0 Å². The Morgan fingerprint density at radius 3 is 1.69 bits per heavy atom. The minimum absolute atomic E-state index is 0.0737. The minimum atomic E-state index is -1.85. The Labute approximate surface area is 433 Å². The Morgan fingerprint density at radius 2 is 1.10 bits per heavy atom. The van der Waals surface area contributed by atoms with Crippen LogP contribution < -0.4 is 15.3 Å². The zero-order chi connectivity index (χ0) is 51.7. The predicted molar refractivity (Wildman–Crippen MR) is 316 cm³/mol. The summed E-state index contributed by atoms with van der Waals surface area (Å²) in [5.74, 6) is 1.06. The van der Waals surface area contributed by atoms with Crippen LogP contribution in [-0.2, 0) is 16.2 Å². The molecule has 7 aromatic rings. The van der Waals surface area contributed by atoms with Crippen molar-refractivity contribution in [3.05, 3.63) is 192 Å². The molecule has 1 aliphatic heterocycles. The Kier molecular flexibility index (Phi) is 13.1. The molecular weight excluding hydrogens is 907 g/mol. The lowest BCUT2D eigenvalue weighted by molar-refractivity contribution is 0.443. The molecule has 1 aliphatic carbocycles. The lowest BCUT2D eigenvalue weighted by Crippen LogP contribution is -2.47. The third kappa shape index (κ3) is 9.93. The monoisotopic (exact) mass is 982 g/mol. The van der Waals surface area contributed by atoms with E-state index >= 15 is 0 Å². The number of nitrogens with zero attached hydrogens (tertiary/aromatic N) is 3. The molecule has 0 saturated heterocycles. The van der Waals surface area contributed by atoms with E-state index < -0.39 is 16.1 Å². The van der Waals surface area contributed by atoms with Crippen LogP contribution in [0.15, 0.2) is 169 Å². The molecule has 2 heterocycles. The van der Waals surface area contributed by atoms with Crippen molar-refractivity contribution in [3.63, 3.8) is 0 Å². The number of hydrogen-bond donors (Lipinski definition) is 1. The molecule has 0 amide bonds. The van der Waals surface area contributed by atoms with Crippen LogP contribution in [0.3, 0.4) is 0 Å². The van der Waals surface area contributed by atoms with Crippen molar-refractivity contribution in [1.82, 2.24) is 4.98 Å². The fraction of sp³-hybridized carbons (Fsp3) is 0.303. The minimum Gasteiger partial charge on any atom is -0.507 e.